The molecule has 0 radical (unpaired) electrons. The number of nitrogens with one attached hydrogen (secondary N) is 1. The third kappa shape index (κ3) is 4.35. The van der Waals surface area contributed by atoms with E-state index in [2.05, 4.69) is 64.7 Å². The topological polar surface area (TPSA) is 28.8 Å². The Morgan fingerprint density at radius 2 is 1.63 bits per heavy atom. The van der Waals surface area contributed by atoms with Crippen LogP contribution in [0.15, 0.2) is 78.9 Å². The smallest absolute Gasteiger partial charge is 0.308 e. The molecule has 4 rings (SSSR count). The first kappa shape index (κ1) is 17.7. The van der Waals surface area contributed by atoms with Gasteiger partial charge in [0.15, 0.2) is 0 Å². The lowest BCUT2D eigenvalue weighted by Crippen LogP contribution is -2.31. The molecule has 1 heterocycles. The highest BCUT2D eigenvalue weighted by molar-refractivity contribution is 7.06. The average molecular weight is 393 g/mol. The van der Waals surface area contributed by atoms with Crippen molar-refractivity contribution in [1.29, 1.82) is 0 Å². The van der Waals surface area contributed by atoms with Crippen LogP contribution in [0.5, 0.6) is 0 Å². The number of anilines is 2. The number of benzene rings is 3. The minimum atomic E-state index is 0.721. The van der Waals surface area contributed by atoms with Crippen LogP contribution >= 0.6 is 23.1 Å². The maximum atomic E-state index is 5.98. The number of halogens is 1. The first-order valence-corrected chi connectivity index (χ1v) is 9.87. The van der Waals surface area contributed by atoms with E-state index in [1.807, 2.05) is 30.3 Å². The molecule has 0 spiro atoms. The summed E-state index contributed by atoms with van der Waals surface area (Å²) in [6, 6.07) is 26.6. The number of hydrogen-bond donors (Lipinski definition) is 1. The molecule has 0 fully saturated rings. The number of aryl methyl sites for hydroxylation is 1. The van der Waals surface area contributed by atoms with Crippen molar-refractivity contribution in [2.24, 2.45) is 0 Å². The first-order valence-electron chi connectivity index (χ1n) is 8.72. The number of nitrogens with zero attached hydrogens (tertiary/aromatic N) is 2. The molecule has 0 aliphatic rings. The fourth-order valence-electron chi connectivity index (χ4n) is 2.80. The van der Waals surface area contributed by atoms with E-state index in [0.717, 1.165) is 33.8 Å². The van der Waals surface area contributed by atoms with Crippen molar-refractivity contribution in [1.82, 2.24) is 4.98 Å². The van der Waals surface area contributed by atoms with Crippen molar-refractivity contribution in [2.45, 2.75) is 13.5 Å². The van der Waals surface area contributed by atoms with E-state index >= 15 is 0 Å². The highest BCUT2D eigenvalue weighted by Crippen LogP contribution is 2.24. The Morgan fingerprint density at radius 1 is 0.926 bits per heavy atom. The second-order valence-electron chi connectivity index (χ2n) is 6.35. The molecule has 0 amide bonds. The summed E-state index contributed by atoms with van der Waals surface area (Å²) in [6.45, 7) is 2.88. The van der Waals surface area contributed by atoms with E-state index in [9.17, 15) is 0 Å². The van der Waals surface area contributed by atoms with Gasteiger partial charge in [-0.05, 0) is 53.9 Å². The molecule has 0 unspecified atom stereocenters. The molecule has 134 valence electrons. The highest BCUT2D eigenvalue weighted by atomic mass is 35.5. The van der Waals surface area contributed by atoms with Crippen LogP contribution in [0.3, 0.4) is 0 Å². The fraction of sp³-hybridized carbons (Fsp3) is 0.0909. The summed E-state index contributed by atoms with van der Waals surface area (Å²) < 4.78 is 2.22. The molecule has 0 saturated carbocycles. The summed E-state index contributed by atoms with van der Waals surface area (Å²) in [7, 11) is 0. The molecule has 5 heteroatoms. The van der Waals surface area contributed by atoms with Gasteiger partial charge in [-0.15, -0.1) is 0 Å². The van der Waals surface area contributed by atoms with Gasteiger partial charge in [0.25, 0.3) is 0 Å². The van der Waals surface area contributed by atoms with E-state index < -0.39 is 0 Å². The molecule has 1 aromatic heterocycles. The normalized spacial score (nSPS) is 10.7. The lowest BCUT2D eigenvalue weighted by Gasteiger charge is -1.99. The van der Waals surface area contributed by atoms with Crippen molar-refractivity contribution in [3.63, 3.8) is 0 Å². The lowest BCUT2D eigenvalue weighted by atomic mass is 10.1. The molecule has 1 N–H and O–H groups in total. The zero-order valence-electron chi connectivity index (χ0n) is 14.9. The molecule has 3 nitrogen and oxygen atoms in total. The SMILES string of the molecule is Cc1ccc(-c2nc(Nc3ccc(Cl)cc3)s[n+]2Cc2ccccc2)cc1. The van der Waals surface area contributed by atoms with E-state index in [-0.39, 0.29) is 0 Å². The largest absolute Gasteiger partial charge is 0.345 e. The van der Waals surface area contributed by atoms with Crippen LogP contribution < -0.4 is 9.27 Å². The summed E-state index contributed by atoms with van der Waals surface area (Å²) in [5, 5.41) is 4.96. The Morgan fingerprint density at radius 3 is 2.33 bits per heavy atom. The molecule has 3 aromatic carbocycles. The Labute approximate surface area is 168 Å². The van der Waals surface area contributed by atoms with E-state index in [4.69, 9.17) is 16.6 Å². The Balaban J connectivity index is 1.69. The summed E-state index contributed by atoms with van der Waals surface area (Å²) >= 11 is 7.60. The monoisotopic (exact) mass is 392 g/mol. The maximum Gasteiger partial charge on any atom is 0.345 e. The molecule has 0 atom stereocenters. The van der Waals surface area contributed by atoms with Crippen LogP contribution in [0.4, 0.5) is 10.8 Å². The predicted molar refractivity (Wildman–Crippen MR) is 113 cm³/mol. The van der Waals surface area contributed by atoms with Crippen molar-refractivity contribution >= 4 is 34.0 Å². The van der Waals surface area contributed by atoms with Crippen molar-refractivity contribution < 1.29 is 3.96 Å². The molecule has 4 aromatic rings. The summed E-state index contributed by atoms with van der Waals surface area (Å²) in [5.41, 5.74) is 4.56. The third-order valence-electron chi connectivity index (χ3n) is 4.21. The fourth-order valence-corrected chi connectivity index (χ4v) is 3.87. The van der Waals surface area contributed by atoms with Crippen LogP contribution in [0, 0.1) is 6.92 Å². The number of hydrogen-bond acceptors (Lipinski definition) is 3. The van der Waals surface area contributed by atoms with Gasteiger partial charge in [-0.3, -0.25) is 0 Å². The van der Waals surface area contributed by atoms with Gasteiger partial charge in [-0.2, -0.15) is 3.96 Å². The van der Waals surface area contributed by atoms with Gasteiger partial charge in [0.05, 0.1) is 5.56 Å². The van der Waals surface area contributed by atoms with Crippen molar-refractivity contribution in [2.75, 3.05) is 5.32 Å². The lowest BCUT2D eigenvalue weighted by molar-refractivity contribution is -0.610. The van der Waals surface area contributed by atoms with Gasteiger partial charge in [0.2, 0.25) is 0 Å². The van der Waals surface area contributed by atoms with Gasteiger partial charge in [0, 0.05) is 10.7 Å². The molecular weight excluding hydrogens is 374 g/mol. The van der Waals surface area contributed by atoms with E-state index in [1.54, 1.807) is 11.5 Å². The van der Waals surface area contributed by atoms with Gasteiger partial charge in [0.1, 0.15) is 18.1 Å². The maximum absolute atomic E-state index is 5.98. The molecule has 0 aliphatic carbocycles. The zero-order valence-corrected chi connectivity index (χ0v) is 16.5. The molecule has 0 saturated heterocycles. The van der Waals surface area contributed by atoms with Crippen LogP contribution in [0.1, 0.15) is 11.1 Å². The number of rotatable bonds is 5. The van der Waals surface area contributed by atoms with Crippen LogP contribution in [0.2, 0.25) is 5.02 Å². The summed E-state index contributed by atoms with van der Waals surface area (Å²) in [4.78, 5) is 4.86. The summed E-state index contributed by atoms with van der Waals surface area (Å²) in [6.07, 6.45) is 0. The molecule has 27 heavy (non-hydrogen) atoms. The highest BCUT2D eigenvalue weighted by Gasteiger charge is 2.23. The van der Waals surface area contributed by atoms with Gasteiger partial charge >= 0.3 is 11.0 Å². The standard InChI is InChI=1S/C22H18ClN3S/c1-16-7-9-18(10-8-16)21-25-22(24-20-13-11-19(23)12-14-20)27-26(21)15-17-5-3-2-4-6-17/h2-14H,15H2,1H3/p+1. The van der Waals surface area contributed by atoms with Crippen LogP contribution in [0.25, 0.3) is 11.4 Å². The van der Waals surface area contributed by atoms with E-state index in [1.165, 1.54) is 11.1 Å². The third-order valence-corrected chi connectivity index (χ3v) is 5.36. The second-order valence-corrected chi connectivity index (χ2v) is 7.80. The average Bonchev–Trinajstić information content (AvgIpc) is 3.07. The molecule has 0 aliphatic heterocycles. The number of aromatic nitrogens is 2. The molecular formula is C22H19ClN3S+. The second kappa shape index (κ2) is 7.91. The summed E-state index contributed by atoms with van der Waals surface area (Å²) in [5.74, 6) is 0.959. The van der Waals surface area contributed by atoms with Crippen LogP contribution in [-0.2, 0) is 6.54 Å². The Hall–Kier alpha value is -2.69. The van der Waals surface area contributed by atoms with Gasteiger partial charge in [-0.25, -0.2) is 0 Å². The minimum absolute atomic E-state index is 0.721. The first-order chi connectivity index (χ1) is 13.2. The van der Waals surface area contributed by atoms with Crippen molar-refractivity contribution in [3.05, 3.63) is 95.0 Å². The quantitative estimate of drug-likeness (QED) is 0.431. The Kier molecular flexibility index (Phi) is 5.19. The minimum Gasteiger partial charge on any atom is -0.308 e. The Bertz CT molecular complexity index is 1030. The van der Waals surface area contributed by atoms with E-state index in [0.29, 0.717) is 0 Å². The zero-order chi connectivity index (χ0) is 18.6. The van der Waals surface area contributed by atoms with Crippen LogP contribution in [-0.4, -0.2) is 4.98 Å². The predicted octanol–water partition coefficient (Wildman–Crippen LogP) is 5.85. The van der Waals surface area contributed by atoms with Gasteiger partial charge < -0.3 is 5.32 Å². The van der Waals surface area contributed by atoms with Gasteiger partial charge in [-0.1, -0.05) is 59.6 Å². The molecule has 0 bridgehead atoms. The van der Waals surface area contributed by atoms with Crippen molar-refractivity contribution in [3.8, 4) is 11.4 Å².